The molecular weight excluding hydrogens is 411 g/mol. The van der Waals surface area contributed by atoms with Crippen LogP contribution in [0, 0.1) is 0 Å². The minimum absolute atomic E-state index is 0. The number of hydrogen-bond acceptors (Lipinski definition) is 4. The first-order valence-electron chi connectivity index (χ1n) is 9.60. The number of benzene rings is 2. The predicted molar refractivity (Wildman–Crippen MR) is 117 cm³/mol. The van der Waals surface area contributed by atoms with Gasteiger partial charge in [0.05, 0.1) is 22.9 Å². The van der Waals surface area contributed by atoms with Gasteiger partial charge in [-0.05, 0) is 44.0 Å². The second-order valence-electron chi connectivity index (χ2n) is 7.47. The van der Waals surface area contributed by atoms with Crippen LogP contribution in [0.25, 0.3) is 22.0 Å². The Labute approximate surface area is 178 Å². The van der Waals surface area contributed by atoms with Gasteiger partial charge in [-0.1, -0.05) is 28.9 Å². The van der Waals surface area contributed by atoms with Gasteiger partial charge >= 0.3 is 5.69 Å². The third kappa shape index (κ3) is 3.45. The number of piperidine rings is 1. The van der Waals surface area contributed by atoms with E-state index in [4.69, 9.17) is 16.1 Å². The van der Waals surface area contributed by atoms with E-state index in [0.717, 1.165) is 53.6 Å². The summed E-state index contributed by atoms with van der Waals surface area (Å²) in [7, 11) is 0. The molecule has 2 aromatic carbocycles. The van der Waals surface area contributed by atoms with Gasteiger partial charge in [0, 0.05) is 35.5 Å². The fourth-order valence-corrected chi connectivity index (χ4v) is 4.54. The molecule has 5 rings (SSSR count). The average molecular weight is 433 g/mol. The number of hydrogen-bond donors (Lipinski definition) is 1. The van der Waals surface area contributed by atoms with Gasteiger partial charge in [-0.3, -0.25) is 9.47 Å². The summed E-state index contributed by atoms with van der Waals surface area (Å²) < 4.78 is 7.33. The van der Waals surface area contributed by atoms with Crippen molar-refractivity contribution in [2.24, 2.45) is 0 Å². The number of aromatic amines is 1. The zero-order valence-corrected chi connectivity index (χ0v) is 17.5. The van der Waals surface area contributed by atoms with Crippen LogP contribution in [0.5, 0.6) is 0 Å². The summed E-state index contributed by atoms with van der Waals surface area (Å²) in [6, 6.07) is 13.5. The zero-order chi connectivity index (χ0) is 19.3. The number of halogens is 2. The molecule has 0 bridgehead atoms. The molecule has 0 aliphatic carbocycles. The summed E-state index contributed by atoms with van der Waals surface area (Å²) in [6.07, 6.45) is 1.95. The standard InChI is InChI=1S/C21H21ClN4O2.ClH/c1-13(26-18-5-3-2-4-17(18)23-21(26)27)25-10-8-14(9-11-25)20-16-7-6-15(22)12-19(16)28-24-20;/h2-7,12-14H,8-11H2,1H3,(H,23,27);1H. The molecule has 0 saturated carbocycles. The molecule has 1 atom stereocenters. The number of nitrogens with one attached hydrogen (secondary N) is 1. The second kappa shape index (κ2) is 7.86. The molecule has 152 valence electrons. The number of para-hydroxylation sites is 2. The van der Waals surface area contributed by atoms with Crippen LogP contribution in [0.15, 0.2) is 51.8 Å². The third-order valence-corrected chi connectivity index (χ3v) is 6.14. The predicted octanol–water partition coefficient (Wildman–Crippen LogP) is 4.94. The van der Waals surface area contributed by atoms with Crippen LogP contribution in [0.1, 0.15) is 37.5 Å². The number of fused-ring (bicyclic) bond motifs is 2. The van der Waals surface area contributed by atoms with E-state index in [0.29, 0.717) is 10.9 Å². The number of H-pyrrole nitrogens is 1. The Hall–Kier alpha value is -2.28. The molecule has 0 spiro atoms. The normalized spacial score (nSPS) is 16.9. The number of rotatable bonds is 3. The maximum absolute atomic E-state index is 12.5. The molecule has 1 fully saturated rings. The molecule has 29 heavy (non-hydrogen) atoms. The third-order valence-electron chi connectivity index (χ3n) is 5.90. The summed E-state index contributed by atoms with van der Waals surface area (Å²) in [6.45, 7) is 3.90. The Bertz CT molecular complexity index is 1200. The fourth-order valence-electron chi connectivity index (χ4n) is 4.38. The van der Waals surface area contributed by atoms with Crippen molar-refractivity contribution in [1.82, 2.24) is 19.6 Å². The van der Waals surface area contributed by atoms with E-state index >= 15 is 0 Å². The number of imidazole rings is 1. The molecule has 4 aromatic rings. The van der Waals surface area contributed by atoms with Crippen LogP contribution in [-0.2, 0) is 0 Å². The largest absolute Gasteiger partial charge is 0.356 e. The molecule has 3 heterocycles. The van der Waals surface area contributed by atoms with Crippen LogP contribution >= 0.6 is 24.0 Å². The Morgan fingerprint density at radius 1 is 1.21 bits per heavy atom. The van der Waals surface area contributed by atoms with Gasteiger partial charge in [0.25, 0.3) is 0 Å². The Balaban J connectivity index is 0.00000205. The van der Waals surface area contributed by atoms with E-state index in [9.17, 15) is 4.79 Å². The van der Waals surface area contributed by atoms with Gasteiger partial charge in [-0.15, -0.1) is 12.4 Å². The highest BCUT2D eigenvalue weighted by Gasteiger charge is 2.28. The molecule has 2 aromatic heterocycles. The van der Waals surface area contributed by atoms with E-state index < -0.39 is 0 Å². The molecule has 6 nitrogen and oxygen atoms in total. The topological polar surface area (TPSA) is 67.1 Å². The van der Waals surface area contributed by atoms with Crippen LogP contribution < -0.4 is 5.69 Å². The smallest absolute Gasteiger partial charge is 0.327 e. The van der Waals surface area contributed by atoms with Gasteiger partial charge in [0.15, 0.2) is 5.58 Å². The maximum Gasteiger partial charge on any atom is 0.327 e. The molecule has 1 N–H and O–H groups in total. The first-order valence-corrected chi connectivity index (χ1v) is 9.98. The monoisotopic (exact) mass is 432 g/mol. The molecule has 1 unspecified atom stereocenters. The first kappa shape index (κ1) is 20.0. The van der Waals surface area contributed by atoms with Crippen molar-refractivity contribution in [3.63, 3.8) is 0 Å². The highest BCUT2D eigenvalue weighted by Crippen LogP contribution is 2.35. The zero-order valence-electron chi connectivity index (χ0n) is 16.0. The SMILES string of the molecule is CC(N1CCC(c2noc3cc(Cl)ccc23)CC1)n1c(=O)[nH]c2ccccc21.Cl. The quantitative estimate of drug-likeness (QED) is 0.497. The molecule has 8 heteroatoms. The molecule has 1 aliphatic rings. The first-order chi connectivity index (χ1) is 13.6. The summed E-state index contributed by atoms with van der Waals surface area (Å²) in [5.41, 5.74) is 3.52. The Kier molecular flexibility index (Phi) is 5.42. The van der Waals surface area contributed by atoms with E-state index in [-0.39, 0.29) is 24.3 Å². The maximum atomic E-state index is 12.5. The van der Waals surface area contributed by atoms with E-state index in [1.807, 2.05) is 47.0 Å². The highest BCUT2D eigenvalue weighted by atomic mass is 35.5. The van der Waals surface area contributed by atoms with Crippen LogP contribution in [0.4, 0.5) is 0 Å². The number of likely N-dealkylation sites (tertiary alicyclic amines) is 1. The lowest BCUT2D eigenvalue weighted by atomic mass is 9.91. The molecule has 1 aliphatic heterocycles. The molecule has 0 amide bonds. The second-order valence-corrected chi connectivity index (χ2v) is 7.90. The van der Waals surface area contributed by atoms with Crippen molar-refractivity contribution in [3.05, 3.63) is 63.7 Å². The van der Waals surface area contributed by atoms with Crippen molar-refractivity contribution in [1.29, 1.82) is 0 Å². The van der Waals surface area contributed by atoms with E-state index in [1.54, 1.807) is 0 Å². The van der Waals surface area contributed by atoms with Crippen molar-refractivity contribution >= 4 is 46.0 Å². The summed E-state index contributed by atoms with van der Waals surface area (Å²) in [5, 5.41) is 6.02. The van der Waals surface area contributed by atoms with Crippen molar-refractivity contribution < 1.29 is 4.52 Å². The number of aromatic nitrogens is 3. The summed E-state index contributed by atoms with van der Waals surface area (Å²) >= 11 is 6.05. The Morgan fingerprint density at radius 3 is 2.76 bits per heavy atom. The highest BCUT2D eigenvalue weighted by molar-refractivity contribution is 6.31. The minimum atomic E-state index is -0.0600. The van der Waals surface area contributed by atoms with Crippen molar-refractivity contribution in [2.75, 3.05) is 13.1 Å². The van der Waals surface area contributed by atoms with E-state index in [1.165, 1.54) is 0 Å². The minimum Gasteiger partial charge on any atom is -0.356 e. The lowest BCUT2D eigenvalue weighted by Crippen LogP contribution is -2.40. The molecule has 1 saturated heterocycles. The summed E-state index contributed by atoms with van der Waals surface area (Å²) in [4.78, 5) is 17.8. The van der Waals surface area contributed by atoms with Crippen molar-refractivity contribution in [2.45, 2.75) is 31.8 Å². The van der Waals surface area contributed by atoms with Gasteiger partial charge < -0.3 is 9.51 Å². The van der Waals surface area contributed by atoms with Crippen LogP contribution in [-0.4, -0.2) is 32.7 Å². The van der Waals surface area contributed by atoms with Crippen LogP contribution in [0.2, 0.25) is 5.02 Å². The molecule has 0 radical (unpaired) electrons. The van der Waals surface area contributed by atoms with Gasteiger partial charge in [-0.25, -0.2) is 4.79 Å². The van der Waals surface area contributed by atoms with E-state index in [2.05, 4.69) is 22.0 Å². The summed E-state index contributed by atoms with van der Waals surface area (Å²) in [5.74, 6) is 0.352. The fraction of sp³-hybridized carbons (Fsp3) is 0.333. The van der Waals surface area contributed by atoms with Gasteiger partial charge in [0.1, 0.15) is 0 Å². The van der Waals surface area contributed by atoms with Gasteiger partial charge in [0.2, 0.25) is 0 Å². The lowest BCUT2D eigenvalue weighted by molar-refractivity contribution is 0.117. The van der Waals surface area contributed by atoms with Crippen molar-refractivity contribution in [3.8, 4) is 0 Å². The molecular formula is C21H22Cl2N4O2. The average Bonchev–Trinajstić information content (AvgIpc) is 3.27. The number of nitrogens with zero attached hydrogens (tertiary/aromatic N) is 3. The van der Waals surface area contributed by atoms with Gasteiger partial charge in [-0.2, -0.15) is 0 Å². The lowest BCUT2D eigenvalue weighted by Gasteiger charge is -2.35. The Morgan fingerprint density at radius 2 is 1.97 bits per heavy atom. The van der Waals surface area contributed by atoms with Crippen LogP contribution in [0.3, 0.4) is 0 Å².